The average Bonchev–Trinajstić information content (AvgIpc) is 1.31. The van der Waals surface area contributed by atoms with Crippen molar-refractivity contribution in [3.8, 4) is 0 Å². The highest BCUT2D eigenvalue weighted by atomic mass is 79.9. The molecule has 0 aromatic rings. The Morgan fingerprint density at radius 1 is 1.14 bits per heavy atom. The Bertz CT molecular complexity index is 58.4. The lowest BCUT2D eigenvalue weighted by Gasteiger charge is -2.01. The second kappa shape index (κ2) is 2.50. The van der Waals surface area contributed by atoms with E-state index in [2.05, 4.69) is 30.6 Å². The second-order valence-electron chi connectivity index (χ2n) is 0.758. The van der Waals surface area contributed by atoms with Crippen LogP contribution in [-0.4, -0.2) is 11.8 Å². The third-order valence-electron chi connectivity index (χ3n) is 0.214. The van der Waals surface area contributed by atoms with Crippen LogP contribution in [0.25, 0.3) is 0 Å². The van der Waals surface area contributed by atoms with Gasteiger partial charge in [-0.15, -0.1) is 30.6 Å². The van der Waals surface area contributed by atoms with Gasteiger partial charge in [-0.05, 0) is 0 Å². The summed E-state index contributed by atoms with van der Waals surface area (Å²) >= 11 is 4.78. The zero-order valence-electron chi connectivity index (χ0n) is 2.89. The number of hydrogen-bond donors (Lipinski definition) is 0. The zero-order chi connectivity index (χ0) is 6.08. The van der Waals surface area contributed by atoms with Crippen LogP contribution in [0.15, 0.2) is 0 Å². The summed E-state index contributed by atoms with van der Waals surface area (Å²) in [6.45, 7) is 0. The predicted octanol–water partition coefficient (Wildman–Crippen LogP) is 2.37. The molecule has 0 saturated heterocycles. The van der Waals surface area contributed by atoms with E-state index in [9.17, 15) is 13.2 Å². The summed E-state index contributed by atoms with van der Waals surface area (Å²) in [5.74, 6) is -4.06. The molecular formula is CBr2F3Si. The molecule has 0 bridgehead atoms. The molecule has 0 unspecified atom stereocenters. The molecule has 0 aliphatic carbocycles. The Hall–Kier alpha value is 0.967. The summed E-state index contributed by atoms with van der Waals surface area (Å²) < 4.78 is 33.4. The van der Waals surface area contributed by atoms with Crippen molar-refractivity contribution in [2.45, 2.75) is 5.80 Å². The normalized spacial score (nSPS) is 12.9. The fourth-order valence-electron chi connectivity index (χ4n) is 0. The standard InChI is InChI=1S/CBr2F3Si/c2-7(3)1(4,5)6. The number of halogens is 5. The summed E-state index contributed by atoms with van der Waals surface area (Å²) in [6, 6.07) is -2.43. The van der Waals surface area contributed by atoms with Crippen molar-refractivity contribution >= 4 is 36.6 Å². The summed E-state index contributed by atoms with van der Waals surface area (Å²) in [5.41, 5.74) is 0. The molecule has 0 atom stereocenters. The van der Waals surface area contributed by atoms with Gasteiger partial charge in [0.1, 0.15) is 0 Å². The molecule has 0 heterocycles. The minimum absolute atomic E-state index is 2.39. The number of rotatable bonds is 0. The first-order chi connectivity index (χ1) is 2.94. The van der Waals surface area contributed by atoms with Gasteiger partial charge in [0.25, 0.3) is 0 Å². The fourth-order valence-corrected chi connectivity index (χ4v) is 0. The third kappa shape index (κ3) is 3.54. The van der Waals surface area contributed by atoms with Crippen molar-refractivity contribution in [3.63, 3.8) is 0 Å². The van der Waals surface area contributed by atoms with Gasteiger partial charge in [0.15, 0.2) is 0 Å². The molecular weight excluding hydrogens is 257 g/mol. The van der Waals surface area contributed by atoms with E-state index in [1.54, 1.807) is 0 Å². The summed E-state index contributed by atoms with van der Waals surface area (Å²) in [5, 5.41) is 0. The molecule has 0 spiro atoms. The second-order valence-corrected chi connectivity index (χ2v) is 9.80. The zero-order valence-corrected chi connectivity index (χ0v) is 7.06. The van der Waals surface area contributed by atoms with Crippen LogP contribution in [0.5, 0.6) is 0 Å². The lowest BCUT2D eigenvalue weighted by molar-refractivity contribution is -0.0450. The van der Waals surface area contributed by atoms with Crippen molar-refractivity contribution in [3.05, 3.63) is 0 Å². The molecule has 43 valence electrons. The molecule has 0 amide bonds. The van der Waals surface area contributed by atoms with Crippen molar-refractivity contribution < 1.29 is 13.2 Å². The molecule has 0 aliphatic rings. The molecule has 6 heteroatoms. The minimum Gasteiger partial charge on any atom is -0.175 e. The Morgan fingerprint density at radius 3 is 1.29 bits per heavy atom. The third-order valence-corrected chi connectivity index (χ3v) is 3.34. The monoisotopic (exact) mass is 255 g/mol. The summed E-state index contributed by atoms with van der Waals surface area (Å²) in [7, 11) is 0. The molecule has 0 rings (SSSR count). The van der Waals surface area contributed by atoms with Crippen LogP contribution in [0, 0.1) is 0 Å². The lowest BCUT2D eigenvalue weighted by atomic mass is 11.5. The van der Waals surface area contributed by atoms with Crippen LogP contribution in [0.1, 0.15) is 0 Å². The maximum absolute atomic E-state index is 11.1. The van der Waals surface area contributed by atoms with Crippen molar-refractivity contribution in [2.75, 3.05) is 0 Å². The Morgan fingerprint density at radius 2 is 1.29 bits per heavy atom. The first kappa shape index (κ1) is 7.97. The van der Waals surface area contributed by atoms with E-state index in [-0.39, 0.29) is 0 Å². The van der Waals surface area contributed by atoms with E-state index in [0.717, 1.165) is 0 Å². The van der Waals surface area contributed by atoms with Crippen molar-refractivity contribution in [2.24, 2.45) is 0 Å². The Labute approximate surface area is 55.8 Å². The van der Waals surface area contributed by atoms with Gasteiger partial charge >= 0.3 is 11.8 Å². The molecule has 1 radical (unpaired) electrons. The van der Waals surface area contributed by atoms with E-state index in [4.69, 9.17) is 0 Å². The van der Waals surface area contributed by atoms with E-state index in [1.807, 2.05) is 0 Å². The van der Waals surface area contributed by atoms with Gasteiger partial charge in [-0.25, -0.2) is 0 Å². The molecule has 0 fully saturated rings. The van der Waals surface area contributed by atoms with Crippen LogP contribution in [0.2, 0.25) is 0 Å². The quantitative estimate of drug-likeness (QED) is 0.461. The van der Waals surface area contributed by atoms with Gasteiger partial charge in [0.2, 0.25) is 0 Å². The largest absolute Gasteiger partial charge is 0.383 e. The van der Waals surface area contributed by atoms with Gasteiger partial charge in [0.05, 0.1) is 0 Å². The van der Waals surface area contributed by atoms with Crippen LogP contribution in [0.3, 0.4) is 0 Å². The number of hydrogen-bond acceptors (Lipinski definition) is 0. The van der Waals surface area contributed by atoms with Gasteiger partial charge in [-0.2, -0.15) is 13.2 Å². The topological polar surface area (TPSA) is 0 Å². The van der Waals surface area contributed by atoms with Gasteiger partial charge < -0.3 is 0 Å². The molecule has 0 aliphatic heterocycles. The summed E-state index contributed by atoms with van der Waals surface area (Å²) in [6.07, 6.45) is 0. The maximum Gasteiger partial charge on any atom is 0.383 e. The van der Waals surface area contributed by atoms with Crippen LogP contribution in [-0.2, 0) is 0 Å². The van der Waals surface area contributed by atoms with E-state index in [1.165, 1.54) is 0 Å². The van der Waals surface area contributed by atoms with Gasteiger partial charge in [-0.3, -0.25) is 0 Å². The van der Waals surface area contributed by atoms with Crippen LogP contribution >= 0.6 is 30.6 Å². The van der Waals surface area contributed by atoms with Crippen molar-refractivity contribution in [1.29, 1.82) is 0 Å². The first-order valence-electron chi connectivity index (χ1n) is 1.19. The minimum atomic E-state index is -4.06. The first-order valence-corrected chi connectivity index (χ1v) is 7.21. The van der Waals surface area contributed by atoms with Crippen LogP contribution in [0.4, 0.5) is 13.2 Å². The van der Waals surface area contributed by atoms with E-state index < -0.39 is 11.8 Å². The molecule has 0 aromatic heterocycles. The molecule has 0 aromatic carbocycles. The molecule has 0 N–H and O–H groups in total. The lowest BCUT2D eigenvalue weighted by Crippen LogP contribution is -2.20. The van der Waals surface area contributed by atoms with Gasteiger partial charge in [0, 0.05) is 0 Å². The predicted molar refractivity (Wildman–Crippen MR) is 29.7 cm³/mol. The average molecular weight is 257 g/mol. The molecule has 0 nitrogen and oxygen atoms in total. The van der Waals surface area contributed by atoms with Crippen LogP contribution < -0.4 is 0 Å². The SMILES string of the molecule is FC(F)(F)[Si](Br)Br. The van der Waals surface area contributed by atoms with Crippen molar-refractivity contribution in [1.82, 2.24) is 0 Å². The summed E-state index contributed by atoms with van der Waals surface area (Å²) in [4.78, 5) is 0. The Balaban J connectivity index is 3.54. The fraction of sp³-hybridized carbons (Fsp3) is 1.00. The smallest absolute Gasteiger partial charge is 0.175 e. The number of alkyl halides is 3. The highest BCUT2D eigenvalue weighted by Crippen LogP contribution is 2.26. The highest BCUT2D eigenvalue weighted by molar-refractivity contribution is 9.49. The highest BCUT2D eigenvalue weighted by Gasteiger charge is 2.38. The van der Waals surface area contributed by atoms with E-state index in [0.29, 0.717) is 0 Å². The molecule has 7 heavy (non-hydrogen) atoms. The molecule has 0 saturated carbocycles. The maximum atomic E-state index is 11.1. The van der Waals surface area contributed by atoms with E-state index >= 15 is 0 Å². The Kier molecular flexibility index (Phi) is 2.84. The van der Waals surface area contributed by atoms with Gasteiger partial charge in [-0.1, -0.05) is 0 Å².